The number of nitrogens with zero attached hydrogens (tertiary/aromatic N) is 2. The number of furan rings is 1. The molecule has 0 N–H and O–H groups in total. The molecule has 0 aliphatic heterocycles. The Morgan fingerprint density at radius 2 is 2.00 bits per heavy atom. The minimum absolute atomic E-state index is 0.548. The van der Waals surface area contributed by atoms with Gasteiger partial charge < -0.3 is 4.42 Å². The Labute approximate surface area is 137 Å². The minimum atomic E-state index is 0.548. The van der Waals surface area contributed by atoms with Crippen molar-refractivity contribution in [2.24, 2.45) is 0 Å². The Balaban J connectivity index is 1.87. The summed E-state index contributed by atoms with van der Waals surface area (Å²) in [5, 5.41) is 10.6. The lowest BCUT2D eigenvalue weighted by molar-refractivity contribution is 0.579. The molecule has 0 amide bonds. The predicted molar refractivity (Wildman–Crippen MR) is 87.7 cm³/mol. The van der Waals surface area contributed by atoms with Gasteiger partial charge in [0.25, 0.3) is 0 Å². The van der Waals surface area contributed by atoms with Gasteiger partial charge in [0.2, 0.25) is 0 Å². The third-order valence-electron chi connectivity index (χ3n) is 3.08. The van der Waals surface area contributed by atoms with Crippen molar-refractivity contribution < 1.29 is 4.42 Å². The van der Waals surface area contributed by atoms with E-state index in [4.69, 9.17) is 16.0 Å². The van der Waals surface area contributed by atoms with Crippen molar-refractivity contribution in [3.8, 4) is 17.5 Å². The molecule has 0 fully saturated rings. The molecule has 2 aromatic heterocycles. The second-order valence-electron chi connectivity index (χ2n) is 4.52. The van der Waals surface area contributed by atoms with Gasteiger partial charge in [-0.15, -0.1) is 11.8 Å². The summed E-state index contributed by atoms with van der Waals surface area (Å²) in [6.07, 6.45) is 1.60. The van der Waals surface area contributed by atoms with Crippen LogP contribution in [0.3, 0.4) is 0 Å². The zero-order valence-corrected chi connectivity index (χ0v) is 13.1. The molecular weight excluding hydrogens is 316 g/mol. The Kier molecular flexibility index (Phi) is 4.47. The Morgan fingerprint density at radius 1 is 1.14 bits per heavy atom. The maximum atomic E-state index is 9.24. The second-order valence-corrected chi connectivity index (χ2v) is 5.89. The molecule has 0 aliphatic carbocycles. The normalized spacial score (nSPS) is 10.4. The minimum Gasteiger partial charge on any atom is -0.463 e. The highest BCUT2D eigenvalue weighted by atomic mass is 35.5. The topological polar surface area (TPSA) is 49.8 Å². The van der Waals surface area contributed by atoms with Crippen molar-refractivity contribution in [1.82, 2.24) is 4.98 Å². The van der Waals surface area contributed by atoms with Gasteiger partial charge in [-0.05, 0) is 35.9 Å². The smallest absolute Gasteiger partial charge is 0.152 e. The van der Waals surface area contributed by atoms with Crippen LogP contribution >= 0.6 is 23.4 Å². The summed E-state index contributed by atoms with van der Waals surface area (Å²) in [5.74, 6) is 1.34. The van der Waals surface area contributed by atoms with E-state index in [9.17, 15) is 5.26 Å². The molecule has 0 atom stereocenters. The van der Waals surface area contributed by atoms with Crippen LogP contribution in [0.1, 0.15) is 11.1 Å². The number of thioether (sulfide) groups is 1. The summed E-state index contributed by atoms with van der Waals surface area (Å²) in [6, 6.07) is 17.0. The first kappa shape index (κ1) is 14.7. The molecule has 2 heterocycles. The Morgan fingerprint density at radius 3 is 2.73 bits per heavy atom. The van der Waals surface area contributed by atoms with Gasteiger partial charge in [-0.2, -0.15) is 5.26 Å². The van der Waals surface area contributed by atoms with E-state index in [0.29, 0.717) is 27.8 Å². The molecule has 0 aliphatic rings. The number of benzene rings is 1. The molecule has 3 rings (SSSR count). The molecule has 0 saturated carbocycles. The van der Waals surface area contributed by atoms with Crippen LogP contribution in [0, 0.1) is 11.3 Å². The summed E-state index contributed by atoms with van der Waals surface area (Å²) in [5.41, 5.74) is 2.28. The number of hydrogen-bond donors (Lipinski definition) is 0. The lowest BCUT2D eigenvalue weighted by atomic mass is 10.2. The van der Waals surface area contributed by atoms with Crippen molar-refractivity contribution in [2.45, 2.75) is 10.8 Å². The van der Waals surface area contributed by atoms with E-state index in [1.165, 1.54) is 11.8 Å². The number of hydrogen-bond acceptors (Lipinski definition) is 4. The standard InChI is InChI=1S/C17H11ClN2OS/c18-14-5-2-1-4-13(14)11-22-17-12(10-19)7-8-15(20-17)16-6-3-9-21-16/h1-9H,11H2. The maximum Gasteiger partial charge on any atom is 0.152 e. The summed E-state index contributed by atoms with van der Waals surface area (Å²) < 4.78 is 5.35. The SMILES string of the molecule is N#Cc1ccc(-c2ccco2)nc1SCc1ccccc1Cl. The van der Waals surface area contributed by atoms with Crippen molar-refractivity contribution in [3.05, 3.63) is 70.9 Å². The quantitative estimate of drug-likeness (QED) is 0.621. The average Bonchev–Trinajstić information content (AvgIpc) is 3.08. The molecule has 0 radical (unpaired) electrons. The van der Waals surface area contributed by atoms with Crippen LogP contribution in [0.4, 0.5) is 0 Å². The molecular formula is C17H11ClN2OS. The monoisotopic (exact) mass is 326 g/mol. The number of aromatic nitrogens is 1. The number of pyridine rings is 1. The van der Waals surface area contributed by atoms with Crippen LogP contribution in [0.25, 0.3) is 11.5 Å². The fraction of sp³-hybridized carbons (Fsp3) is 0.0588. The number of nitriles is 1. The van der Waals surface area contributed by atoms with Crippen molar-refractivity contribution in [1.29, 1.82) is 5.26 Å². The summed E-state index contributed by atoms with van der Waals surface area (Å²) >= 11 is 7.65. The molecule has 108 valence electrons. The van der Waals surface area contributed by atoms with Crippen LogP contribution in [-0.2, 0) is 5.75 Å². The van der Waals surface area contributed by atoms with Crippen LogP contribution < -0.4 is 0 Å². The van der Waals surface area contributed by atoms with E-state index in [2.05, 4.69) is 11.1 Å². The predicted octanol–water partition coefficient (Wildman–Crippen LogP) is 5.16. The highest BCUT2D eigenvalue weighted by Gasteiger charge is 2.10. The molecule has 0 bridgehead atoms. The zero-order chi connectivity index (χ0) is 15.4. The summed E-state index contributed by atoms with van der Waals surface area (Å²) in [7, 11) is 0. The first-order valence-electron chi connectivity index (χ1n) is 6.59. The first-order valence-corrected chi connectivity index (χ1v) is 7.95. The van der Waals surface area contributed by atoms with Gasteiger partial charge in [0.05, 0.1) is 11.8 Å². The first-order chi connectivity index (χ1) is 10.8. The Bertz CT molecular complexity index is 825. The molecule has 0 saturated heterocycles. The van der Waals surface area contributed by atoms with E-state index in [-0.39, 0.29) is 0 Å². The molecule has 3 aromatic rings. The van der Waals surface area contributed by atoms with Crippen LogP contribution in [0.15, 0.2) is 64.2 Å². The van der Waals surface area contributed by atoms with Gasteiger partial charge in [-0.3, -0.25) is 0 Å². The largest absolute Gasteiger partial charge is 0.463 e. The third-order valence-corrected chi connectivity index (χ3v) is 4.49. The molecule has 3 nitrogen and oxygen atoms in total. The van der Waals surface area contributed by atoms with Crippen molar-refractivity contribution >= 4 is 23.4 Å². The zero-order valence-electron chi connectivity index (χ0n) is 11.5. The van der Waals surface area contributed by atoms with E-state index in [1.807, 2.05) is 36.4 Å². The lowest BCUT2D eigenvalue weighted by Gasteiger charge is -2.06. The van der Waals surface area contributed by atoms with Gasteiger partial charge in [0.1, 0.15) is 16.8 Å². The summed E-state index contributed by atoms with van der Waals surface area (Å²) in [6.45, 7) is 0. The molecule has 1 aromatic carbocycles. The third kappa shape index (κ3) is 3.16. The highest BCUT2D eigenvalue weighted by molar-refractivity contribution is 7.98. The molecule has 0 spiro atoms. The second kappa shape index (κ2) is 6.69. The fourth-order valence-corrected chi connectivity index (χ4v) is 3.22. The number of rotatable bonds is 4. The average molecular weight is 327 g/mol. The van der Waals surface area contributed by atoms with Crippen LogP contribution in [0.2, 0.25) is 5.02 Å². The van der Waals surface area contributed by atoms with E-state index in [0.717, 1.165) is 10.6 Å². The molecule has 5 heteroatoms. The summed E-state index contributed by atoms with van der Waals surface area (Å²) in [4.78, 5) is 4.53. The number of halogens is 1. The van der Waals surface area contributed by atoms with E-state index < -0.39 is 0 Å². The van der Waals surface area contributed by atoms with E-state index >= 15 is 0 Å². The Hall–Kier alpha value is -2.22. The molecule has 0 unspecified atom stereocenters. The van der Waals surface area contributed by atoms with Gasteiger partial charge in [0, 0.05) is 10.8 Å². The highest BCUT2D eigenvalue weighted by Crippen LogP contribution is 2.29. The van der Waals surface area contributed by atoms with E-state index in [1.54, 1.807) is 18.4 Å². The van der Waals surface area contributed by atoms with Crippen molar-refractivity contribution in [3.63, 3.8) is 0 Å². The van der Waals surface area contributed by atoms with Gasteiger partial charge in [-0.1, -0.05) is 29.8 Å². The van der Waals surface area contributed by atoms with Crippen molar-refractivity contribution in [2.75, 3.05) is 0 Å². The van der Waals surface area contributed by atoms with Crippen LogP contribution in [-0.4, -0.2) is 4.98 Å². The fourth-order valence-electron chi connectivity index (χ4n) is 1.96. The van der Waals surface area contributed by atoms with Gasteiger partial charge in [-0.25, -0.2) is 4.98 Å². The van der Waals surface area contributed by atoms with Gasteiger partial charge >= 0.3 is 0 Å². The van der Waals surface area contributed by atoms with Crippen LogP contribution in [0.5, 0.6) is 0 Å². The van der Waals surface area contributed by atoms with Gasteiger partial charge in [0.15, 0.2) is 5.76 Å². The molecule has 22 heavy (non-hydrogen) atoms. The maximum absolute atomic E-state index is 9.24. The lowest BCUT2D eigenvalue weighted by Crippen LogP contribution is -1.91.